The van der Waals surface area contributed by atoms with Crippen molar-refractivity contribution in [2.75, 3.05) is 5.43 Å². The predicted octanol–water partition coefficient (Wildman–Crippen LogP) is 2.63. The van der Waals surface area contributed by atoms with Crippen LogP contribution in [-0.2, 0) is 6.42 Å². The summed E-state index contributed by atoms with van der Waals surface area (Å²) in [4.78, 5) is 8.95. The van der Waals surface area contributed by atoms with Gasteiger partial charge in [0.1, 0.15) is 5.82 Å². The van der Waals surface area contributed by atoms with Crippen LogP contribution in [0.5, 0.6) is 0 Å². The Morgan fingerprint density at radius 1 is 1.28 bits per heavy atom. The van der Waals surface area contributed by atoms with Crippen molar-refractivity contribution >= 4 is 27.6 Å². The van der Waals surface area contributed by atoms with Gasteiger partial charge >= 0.3 is 0 Å². The van der Waals surface area contributed by atoms with Crippen molar-refractivity contribution in [3.63, 3.8) is 0 Å². The van der Waals surface area contributed by atoms with Crippen LogP contribution in [0.4, 0.5) is 5.82 Å². The third kappa shape index (κ3) is 1.58. The van der Waals surface area contributed by atoms with Gasteiger partial charge in [0.25, 0.3) is 0 Å². The number of nitrogens with one attached hydrogen (secondary N) is 1. The van der Waals surface area contributed by atoms with E-state index < -0.39 is 0 Å². The molecule has 2 heterocycles. The lowest BCUT2D eigenvalue weighted by molar-refractivity contribution is 1.10. The molecule has 1 aromatic carbocycles. The lowest BCUT2D eigenvalue weighted by atomic mass is 10.1. The topological polar surface area (TPSA) is 63.8 Å². The van der Waals surface area contributed by atoms with Crippen molar-refractivity contribution in [2.24, 2.45) is 5.84 Å². The molecule has 0 atom stereocenters. The highest BCUT2D eigenvalue weighted by Gasteiger charge is 2.07. The molecule has 3 aromatic rings. The fourth-order valence-electron chi connectivity index (χ4n) is 2.23. The lowest BCUT2D eigenvalue weighted by Gasteiger charge is -2.09. The maximum Gasteiger partial charge on any atom is 0.143 e. The average molecular weight is 238 g/mol. The minimum atomic E-state index is 0.737. The maximum atomic E-state index is 5.53. The first-order valence-electron chi connectivity index (χ1n) is 5.97. The van der Waals surface area contributed by atoms with E-state index >= 15 is 0 Å². The van der Waals surface area contributed by atoms with Gasteiger partial charge in [0.2, 0.25) is 0 Å². The summed E-state index contributed by atoms with van der Waals surface area (Å²) in [5, 5.41) is 2.17. The number of pyridine rings is 2. The summed E-state index contributed by atoms with van der Waals surface area (Å²) in [5.74, 6) is 6.27. The van der Waals surface area contributed by atoms with Gasteiger partial charge in [-0.2, -0.15) is 0 Å². The van der Waals surface area contributed by atoms with E-state index in [4.69, 9.17) is 5.84 Å². The van der Waals surface area contributed by atoms with E-state index in [1.807, 2.05) is 18.2 Å². The van der Waals surface area contributed by atoms with Gasteiger partial charge in [-0.05, 0) is 36.2 Å². The summed E-state index contributed by atoms with van der Waals surface area (Å²) in [6, 6.07) is 10.2. The zero-order valence-corrected chi connectivity index (χ0v) is 10.1. The van der Waals surface area contributed by atoms with E-state index in [2.05, 4.69) is 34.5 Å². The molecule has 3 N–H and O–H groups in total. The zero-order chi connectivity index (χ0) is 12.5. The normalized spacial score (nSPS) is 11.0. The Morgan fingerprint density at radius 3 is 2.94 bits per heavy atom. The number of rotatable bonds is 2. The number of hydrazine groups is 1. The summed E-state index contributed by atoms with van der Waals surface area (Å²) >= 11 is 0. The first kappa shape index (κ1) is 10.9. The van der Waals surface area contributed by atoms with Crippen LogP contribution in [0.1, 0.15) is 12.5 Å². The molecular formula is C14H14N4. The van der Waals surface area contributed by atoms with E-state index in [0.717, 1.165) is 39.6 Å². The van der Waals surface area contributed by atoms with Crippen LogP contribution in [-0.4, -0.2) is 9.97 Å². The highest BCUT2D eigenvalue weighted by atomic mass is 15.2. The highest BCUT2D eigenvalue weighted by molar-refractivity contribution is 6.04. The quantitative estimate of drug-likeness (QED) is 0.409. The SMILES string of the molecule is CCc1cc2ccc3ncccc3c2nc1NN. The van der Waals surface area contributed by atoms with Gasteiger partial charge in [-0.25, -0.2) is 10.8 Å². The number of nitrogen functional groups attached to an aromatic ring is 1. The third-order valence-corrected chi connectivity index (χ3v) is 3.16. The number of nitrogens with two attached hydrogens (primary N) is 1. The minimum Gasteiger partial charge on any atom is -0.308 e. The van der Waals surface area contributed by atoms with Gasteiger partial charge in [-0.1, -0.05) is 13.0 Å². The molecule has 2 aromatic heterocycles. The summed E-state index contributed by atoms with van der Waals surface area (Å²) in [7, 11) is 0. The number of aromatic nitrogens is 2. The Balaban J connectivity index is 2.43. The second-order valence-electron chi connectivity index (χ2n) is 4.20. The van der Waals surface area contributed by atoms with E-state index in [0.29, 0.717) is 0 Å². The molecular weight excluding hydrogens is 224 g/mol. The molecule has 0 aliphatic rings. The molecule has 0 radical (unpaired) electrons. The van der Waals surface area contributed by atoms with Crippen LogP contribution in [0.3, 0.4) is 0 Å². The zero-order valence-electron chi connectivity index (χ0n) is 10.1. The van der Waals surface area contributed by atoms with Crippen molar-refractivity contribution in [2.45, 2.75) is 13.3 Å². The van der Waals surface area contributed by atoms with Gasteiger partial charge in [-0.3, -0.25) is 4.98 Å². The molecule has 0 bridgehead atoms. The van der Waals surface area contributed by atoms with Crippen molar-refractivity contribution in [3.8, 4) is 0 Å². The Kier molecular flexibility index (Phi) is 2.57. The van der Waals surface area contributed by atoms with Gasteiger partial charge in [0, 0.05) is 17.0 Å². The fourth-order valence-corrected chi connectivity index (χ4v) is 2.23. The van der Waals surface area contributed by atoms with Gasteiger partial charge in [0.15, 0.2) is 0 Å². The van der Waals surface area contributed by atoms with Crippen LogP contribution in [0.15, 0.2) is 36.5 Å². The Bertz CT molecular complexity index is 721. The summed E-state index contributed by atoms with van der Waals surface area (Å²) in [6.07, 6.45) is 2.68. The van der Waals surface area contributed by atoms with Crippen LogP contribution in [0, 0.1) is 0 Å². The second-order valence-corrected chi connectivity index (χ2v) is 4.20. The van der Waals surface area contributed by atoms with E-state index in [1.54, 1.807) is 6.20 Å². The number of hydrogen-bond donors (Lipinski definition) is 2. The van der Waals surface area contributed by atoms with Gasteiger partial charge in [-0.15, -0.1) is 0 Å². The Hall–Kier alpha value is -2.20. The highest BCUT2D eigenvalue weighted by Crippen LogP contribution is 2.26. The summed E-state index contributed by atoms with van der Waals surface area (Å²) < 4.78 is 0. The van der Waals surface area contributed by atoms with E-state index in [-0.39, 0.29) is 0 Å². The number of nitrogens with zero attached hydrogens (tertiary/aromatic N) is 2. The first-order valence-corrected chi connectivity index (χ1v) is 5.97. The molecule has 0 aliphatic heterocycles. The predicted molar refractivity (Wildman–Crippen MR) is 74.2 cm³/mol. The Morgan fingerprint density at radius 2 is 2.17 bits per heavy atom. The third-order valence-electron chi connectivity index (χ3n) is 3.16. The molecule has 18 heavy (non-hydrogen) atoms. The number of anilines is 1. The smallest absolute Gasteiger partial charge is 0.143 e. The number of hydrogen-bond acceptors (Lipinski definition) is 4. The lowest BCUT2D eigenvalue weighted by Crippen LogP contribution is -2.11. The molecule has 3 rings (SSSR count). The minimum absolute atomic E-state index is 0.737. The molecule has 0 aliphatic carbocycles. The maximum absolute atomic E-state index is 5.53. The van der Waals surface area contributed by atoms with Crippen molar-refractivity contribution in [1.82, 2.24) is 9.97 Å². The van der Waals surface area contributed by atoms with Crippen LogP contribution in [0.2, 0.25) is 0 Å². The molecule has 0 unspecified atom stereocenters. The Labute approximate surface area is 105 Å². The van der Waals surface area contributed by atoms with Gasteiger partial charge < -0.3 is 5.43 Å². The number of benzene rings is 1. The molecule has 0 saturated heterocycles. The van der Waals surface area contributed by atoms with E-state index in [9.17, 15) is 0 Å². The molecule has 0 saturated carbocycles. The second kappa shape index (κ2) is 4.23. The summed E-state index contributed by atoms with van der Waals surface area (Å²) in [5.41, 5.74) is 5.68. The summed E-state index contributed by atoms with van der Waals surface area (Å²) in [6.45, 7) is 2.09. The number of fused-ring (bicyclic) bond motifs is 3. The van der Waals surface area contributed by atoms with Crippen molar-refractivity contribution in [3.05, 3.63) is 42.1 Å². The van der Waals surface area contributed by atoms with E-state index in [1.165, 1.54) is 0 Å². The molecule has 4 nitrogen and oxygen atoms in total. The average Bonchev–Trinajstić information content (AvgIpc) is 2.45. The molecule has 0 amide bonds. The van der Waals surface area contributed by atoms with Crippen molar-refractivity contribution < 1.29 is 0 Å². The number of aryl methyl sites for hydroxylation is 1. The molecule has 90 valence electrons. The van der Waals surface area contributed by atoms with Crippen LogP contribution >= 0.6 is 0 Å². The van der Waals surface area contributed by atoms with Gasteiger partial charge in [0.05, 0.1) is 11.0 Å². The fraction of sp³-hybridized carbons (Fsp3) is 0.143. The molecule has 0 fully saturated rings. The van der Waals surface area contributed by atoms with Crippen molar-refractivity contribution in [1.29, 1.82) is 0 Å². The van der Waals surface area contributed by atoms with Crippen LogP contribution < -0.4 is 11.3 Å². The largest absolute Gasteiger partial charge is 0.308 e. The van der Waals surface area contributed by atoms with Crippen LogP contribution in [0.25, 0.3) is 21.8 Å². The molecule has 4 heteroatoms. The first-order chi connectivity index (χ1) is 8.83. The monoisotopic (exact) mass is 238 g/mol. The molecule has 0 spiro atoms. The standard InChI is InChI=1S/C14H14N4/c1-2-9-8-10-5-6-12-11(4-3-7-16-12)13(10)17-14(9)18-15/h3-8H,2,15H2,1H3,(H,17,18).